The lowest BCUT2D eigenvalue weighted by atomic mass is 10.0. The van der Waals surface area contributed by atoms with Gasteiger partial charge in [0.1, 0.15) is 0 Å². The molecule has 0 spiro atoms. The Morgan fingerprint density at radius 3 is 2.38 bits per heavy atom. The molecule has 2 aromatic heterocycles. The molecular formula is C18H15N3O3. The molecule has 0 aliphatic carbocycles. The second kappa shape index (κ2) is 6.45. The number of aryl methyl sites for hydroxylation is 1. The van der Waals surface area contributed by atoms with Crippen molar-refractivity contribution in [2.45, 2.75) is 13.5 Å². The number of pyridine rings is 1. The Kier molecular flexibility index (Phi) is 4.20. The number of benzene rings is 1. The van der Waals surface area contributed by atoms with Crippen molar-refractivity contribution in [2.75, 3.05) is 0 Å². The van der Waals surface area contributed by atoms with Gasteiger partial charge in [-0.05, 0) is 24.1 Å². The summed E-state index contributed by atoms with van der Waals surface area (Å²) in [4.78, 5) is 27.2. The third-order valence-electron chi connectivity index (χ3n) is 3.57. The first-order valence-corrected chi connectivity index (χ1v) is 7.34. The minimum absolute atomic E-state index is 0.00785. The summed E-state index contributed by atoms with van der Waals surface area (Å²) in [6.45, 7) is 2.60. The first kappa shape index (κ1) is 15.6. The Morgan fingerprint density at radius 1 is 1.04 bits per heavy atom. The number of nitrogens with zero attached hydrogens (tertiary/aromatic N) is 3. The van der Waals surface area contributed by atoms with Gasteiger partial charge in [-0.15, -0.1) is 0 Å². The molecule has 1 aromatic carbocycles. The normalized spacial score (nSPS) is 10.5. The van der Waals surface area contributed by atoms with Gasteiger partial charge in [0, 0.05) is 29.7 Å². The van der Waals surface area contributed by atoms with Crippen molar-refractivity contribution in [2.24, 2.45) is 0 Å². The fourth-order valence-electron chi connectivity index (χ4n) is 2.35. The highest BCUT2D eigenvalue weighted by Gasteiger charge is 2.12. The van der Waals surface area contributed by atoms with Crippen molar-refractivity contribution in [3.63, 3.8) is 0 Å². The zero-order valence-corrected chi connectivity index (χ0v) is 13.0. The van der Waals surface area contributed by atoms with E-state index in [1.165, 1.54) is 18.5 Å². The average Bonchev–Trinajstić information content (AvgIpc) is 3.00. The highest BCUT2D eigenvalue weighted by molar-refractivity contribution is 6.09. The predicted octanol–water partition coefficient (Wildman–Crippen LogP) is 2.56. The molecule has 3 rings (SSSR count). The molecule has 0 atom stereocenters. The number of aromatic nitrogens is 3. The third-order valence-corrected chi connectivity index (χ3v) is 3.57. The molecule has 0 aliphatic heterocycles. The van der Waals surface area contributed by atoms with Crippen molar-refractivity contribution in [3.8, 4) is 0 Å². The number of hydrogen-bond acceptors (Lipinski definition) is 4. The van der Waals surface area contributed by atoms with Crippen LogP contribution in [0.3, 0.4) is 0 Å². The Morgan fingerprint density at radius 2 is 1.75 bits per heavy atom. The number of carbonyl (C=O) groups excluding carboxylic acids is 1. The lowest BCUT2D eigenvalue weighted by Gasteiger charge is -2.05. The van der Waals surface area contributed by atoms with Gasteiger partial charge in [0.05, 0.1) is 18.3 Å². The number of carboxylic acids is 1. The molecule has 0 radical (unpaired) electrons. The van der Waals surface area contributed by atoms with Crippen LogP contribution in [0.1, 0.15) is 37.4 Å². The number of hydrogen-bond donors (Lipinski definition) is 1. The van der Waals surface area contributed by atoms with Crippen molar-refractivity contribution in [3.05, 3.63) is 82.9 Å². The van der Waals surface area contributed by atoms with E-state index in [4.69, 9.17) is 5.11 Å². The molecule has 6 nitrogen and oxygen atoms in total. The summed E-state index contributed by atoms with van der Waals surface area (Å²) in [5, 5.41) is 13.2. The number of rotatable bonds is 5. The van der Waals surface area contributed by atoms with Crippen molar-refractivity contribution >= 4 is 11.8 Å². The summed E-state index contributed by atoms with van der Waals surface area (Å²) < 4.78 is 1.83. The molecule has 0 saturated carbocycles. The predicted molar refractivity (Wildman–Crippen MR) is 87.1 cm³/mol. The average molecular weight is 321 g/mol. The van der Waals surface area contributed by atoms with Gasteiger partial charge in [-0.1, -0.05) is 24.3 Å². The van der Waals surface area contributed by atoms with Crippen LogP contribution in [0.5, 0.6) is 0 Å². The van der Waals surface area contributed by atoms with Gasteiger partial charge in [0.15, 0.2) is 5.78 Å². The molecule has 0 aliphatic rings. The SMILES string of the molecule is Cc1cnn(Cc2ccc(C(=O)c3cncc(C(=O)O)c3)cc2)c1. The number of aromatic carboxylic acids is 1. The zero-order valence-electron chi connectivity index (χ0n) is 13.0. The maximum absolute atomic E-state index is 12.4. The summed E-state index contributed by atoms with van der Waals surface area (Å²) in [6, 6.07) is 8.50. The second-order valence-corrected chi connectivity index (χ2v) is 5.51. The molecule has 2 heterocycles. The minimum atomic E-state index is -1.11. The Balaban J connectivity index is 1.78. The molecule has 6 heteroatoms. The Bertz CT molecular complexity index is 898. The smallest absolute Gasteiger partial charge is 0.337 e. The van der Waals surface area contributed by atoms with E-state index in [-0.39, 0.29) is 16.9 Å². The molecule has 0 fully saturated rings. The molecule has 0 bridgehead atoms. The molecule has 0 unspecified atom stereocenters. The van der Waals surface area contributed by atoms with Crippen LogP contribution < -0.4 is 0 Å². The maximum atomic E-state index is 12.4. The van der Waals surface area contributed by atoms with Crippen molar-refractivity contribution in [1.82, 2.24) is 14.8 Å². The maximum Gasteiger partial charge on any atom is 0.337 e. The molecule has 1 N–H and O–H groups in total. The van der Waals surface area contributed by atoms with Gasteiger partial charge in [0.25, 0.3) is 0 Å². The van der Waals surface area contributed by atoms with Crippen LogP contribution in [0.25, 0.3) is 0 Å². The van der Waals surface area contributed by atoms with Crippen LogP contribution in [0.15, 0.2) is 55.1 Å². The van der Waals surface area contributed by atoms with Crippen LogP contribution in [0, 0.1) is 6.92 Å². The Labute approximate surface area is 138 Å². The molecule has 120 valence electrons. The van der Waals surface area contributed by atoms with Gasteiger partial charge < -0.3 is 5.11 Å². The number of carbonyl (C=O) groups is 2. The number of carboxylic acid groups (broad SMARTS) is 1. The molecule has 0 saturated heterocycles. The second-order valence-electron chi connectivity index (χ2n) is 5.51. The fourth-order valence-corrected chi connectivity index (χ4v) is 2.35. The van der Waals surface area contributed by atoms with E-state index in [0.29, 0.717) is 12.1 Å². The van der Waals surface area contributed by atoms with E-state index in [2.05, 4.69) is 10.1 Å². The fraction of sp³-hybridized carbons (Fsp3) is 0.111. The van der Waals surface area contributed by atoms with Gasteiger partial charge in [-0.25, -0.2) is 4.79 Å². The summed E-state index contributed by atoms with van der Waals surface area (Å²) in [6.07, 6.45) is 6.33. The van der Waals surface area contributed by atoms with E-state index in [1.54, 1.807) is 18.3 Å². The van der Waals surface area contributed by atoms with Crippen LogP contribution >= 0.6 is 0 Å². The van der Waals surface area contributed by atoms with E-state index in [0.717, 1.165) is 11.1 Å². The first-order chi connectivity index (χ1) is 11.5. The Hall–Kier alpha value is -3.28. The monoisotopic (exact) mass is 321 g/mol. The lowest BCUT2D eigenvalue weighted by Crippen LogP contribution is -2.06. The van der Waals surface area contributed by atoms with Gasteiger partial charge >= 0.3 is 5.97 Å². The largest absolute Gasteiger partial charge is 0.478 e. The highest BCUT2D eigenvalue weighted by atomic mass is 16.4. The van der Waals surface area contributed by atoms with E-state index < -0.39 is 5.97 Å². The third kappa shape index (κ3) is 3.38. The highest BCUT2D eigenvalue weighted by Crippen LogP contribution is 2.13. The van der Waals surface area contributed by atoms with Gasteiger partial charge in [-0.2, -0.15) is 5.10 Å². The minimum Gasteiger partial charge on any atom is -0.478 e. The van der Waals surface area contributed by atoms with E-state index in [1.807, 2.05) is 29.9 Å². The van der Waals surface area contributed by atoms with Gasteiger partial charge in [0.2, 0.25) is 0 Å². The van der Waals surface area contributed by atoms with Crippen molar-refractivity contribution in [1.29, 1.82) is 0 Å². The number of ketones is 1. The van der Waals surface area contributed by atoms with Crippen LogP contribution in [0.2, 0.25) is 0 Å². The molecular weight excluding hydrogens is 306 g/mol. The van der Waals surface area contributed by atoms with Crippen molar-refractivity contribution < 1.29 is 14.7 Å². The quantitative estimate of drug-likeness (QED) is 0.730. The van der Waals surface area contributed by atoms with E-state index >= 15 is 0 Å². The topological polar surface area (TPSA) is 85.1 Å². The lowest BCUT2D eigenvalue weighted by molar-refractivity contribution is 0.0696. The van der Waals surface area contributed by atoms with E-state index in [9.17, 15) is 9.59 Å². The van der Waals surface area contributed by atoms with Crippen LogP contribution in [0.4, 0.5) is 0 Å². The molecule has 24 heavy (non-hydrogen) atoms. The summed E-state index contributed by atoms with van der Waals surface area (Å²) >= 11 is 0. The zero-order chi connectivity index (χ0) is 17.1. The first-order valence-electron chi connectivity index (χ1n) is 7.34. The summed E-state index contributed by atoms with van der Waals surface area (Å²) in [5.74, 6) is -1.37. The standard InChI is InChI=1S/C18H15N3O3/c1-12-7-20-21(10-12)11-13-2-4-14(5-3-13)17(22)15-6-16(18(23)24)9-19-8-15/h2-10H,11H2,1H3,(H,23,24). The molecule has 0 amide bonds. The van der Waals surface area contributed by atoms with Crippen LogP contribution in [-0.2, 0) is 6.54 Å². The van der Waals surface area contributed by atoms with Crippen LogP contribution in [-0.4, -0.2) is 31.6 Å². The molecule has 3 aromatic rings. The summed E-state index contributed by atoms with van der Waals surface area (Å²) in [7, 11) is 0. The van der Waals surface area contributed by atoms with Gasteiger partial charge in [-0.3, -0.25) is 14.5 Å². The summed E-state index contributed by atoms with van der Waals surface area (Å²) in [5.41, 5.74) is 2.84.